The molecule has 7 nitrogen and oxygen atoms in total. The zero-order valence-corrected chi connectivity index (χ0v) is 23.8. The zero-order valence-electron chi connectivity index (χ0n) is 23.0. The number of hydrogen-bond donors (Lipinski definition) is 1. The van der Waals surface area contributed by atoms with Gasteiger partial charge >= 0.3 is 22.3 Å². The Labute approximate surface area is 224 Å². The molecule has 0 heterocycles. The second-order valence-corrected chi connectivity index (χ2v) is 12.0. The van der Waals surface area contributed by atoms with Gasteiger partial charge in [-0.05, 0) is 64.8 Å². The van der Waals surface area contributed by atoms with Crippen molar-refractivity contribution in [3.8, 4) is 5.75 Å². The van der Waals surface area contributed by atoms with E-state index in [4.69, 9.17) is 4.18 Å². The van der Waals surface area contributed by atoms with Gasteiger partial charge in [0.15, 0.2) is 0 Å². The maximum absolute atomic E-state index is 13.2. The molecule has 1 N–H and O–H groups in total. The van der Waals surface area contributed by atoms with E-state index in [1.807, 2.05) is 53.4 Å². The Morgan fingerprint density at radius 3 is 2.18 bits per heavy atom. The summed E-state index contributed by atoms with van der Waals surface area (Å²) in [5, 5.41) is 2.92. The predicted molar refractivity (Wildman–Crippen MR) is 143 cm³/mol. The molecule has 0 aliphatic rings. The normalized spacial score (nSPS) is 12.4. The lowest BCUT2D eigenvalue weighted by Crippen LogP contribution is -2.49. The quantitative estimate of drug-likeness (QED) is 0.348. The third-order valence-electron chi connectivity index (χ3n) is 5.54. The van der Waals surface area contributed by atoms with Gasteiger partial charge in [-0.25, -0.2) is 4.79 Å². The van der Waals surface area contributed by atoms with Crippen LogP contribution in [0.25, 0.3) is 0 Å². The van der Waals surface area contributed by atoms with E-state index < -0.39 is 32.3 Å². The van der Waals surface area contributed by atoms with Crippen LogP contribution in [0.4, 0.5) is 23.7 Å². The van der Waals surface area contributed by atoms with E-state index in [0.717, 1.165) is 18.2 Å². The first-order chi connectivity index (χ1) is 17.5. The fourth-order valence-corrected chi connectivity index (χ4v) is 4.80. The van der Waals surface area contributed by atoms with Gasteiger partial charge < -0.3 is 19.3 Å². The number of carbonyl (C=O) groups excluding carboxylic acids is 1. The third kappa shape index (κ3) is 8.82. The second kappa shape index (κ2) is 12.3. The maximum Gasteiger partial charge on any atom is 0.416 e. The number of anilines is 1. The topological polar surface area (TPSA) is 79.0 Å². The number of alkyl halides is 3. The largest absolute Gasteiger partial charge is 0.416 e. The number of amides is 2. The summed E-state index contributed by atoms with van der Waals surface area (Å²) in [6.07, 6.45) is -4.71. The summed E-state index contributed by atoms with van der Waals surface area (Å²) >= 11 is 0. The Bertz CT molecular complexity index is 1200. The number of hydrogen-bond acceptors (Lipinski definition) is 5. The molecule has 0 spiro atoms. The first kappa shape index (κ1) is 31.3. The molecule has 0 aliphatic heterocycles. The van der Waals surface area contributed by atoms with E-state index in [9.17, 15) is 26.4 Å². The Hall–Kier alpha value is -2.95. The highest BCUT2D eigenvalue weighted by molar-refractivity contribution is 7.87. The Morgan fingerprint density at radius 1 is 1.03 bits per heavy atom. The molecule has 212 valence electrons. The highest BCUT2D eigenvalue weighted by Gasteiger charge is 2.32. The van der Waals surface area contributed by atoms with Crippen LogP contribution in [0, 0.1) is 5.92 Å². The van der Waals surface area contributed by atoms with Gasteiger partial charge in [0.05, 0.1) is 12.1 Å². The van der Waals surface area contributed by atoms with Crippen molar-refractivity contribution in [1.82, 2.24) is 10.2 Å². The van der Waals surface area contributed by atoms with Crippen molar-refractivity contribution in [3.05, 3.63) is 53.6 Å². The van der Waals surface area contributed by atoms with Gasteiger partial charge in [-0.3, -0.25) is 0 Å². The summed E-state index contributed by atoms with van der Waals surface area (Å²) in [5.74, 6) is 0.0676. The molecule has 0 aliphatic carbocycles. The predicted octanol–water partition coefficient (Wildman–Crippen LogP) is 6.29. The molecule has 11 heteroatoms. The van der Waals surface area contributed by atoms with Crippen LogP contribution in [0.5, 0.6) is 5.75 Å². The molecule has 2 aromatic carbocycles. The minimum Gasteiger partial charge on any atom is -0.379 e. The number of halogens is 3. The minimum atomic E-state index is -4.71. The van der Waals surface area contributed by atoms with Crippen LogP contribution in [0.1, 0.15) is 59.6 Å². The number of nitrogens with zero attached hydrogens (tertiary/aromatic N) is 2. The molecule has 2 rings (SSSR count). The lowest BCUT2D eigenvalue weighted by molar-refractivity contribution is -0.137. The van der Waals surface area contributed by atoms with Crippen molar-refractivity contribution in [1.29, 1.82) is 0 Å². The highest BCUT2D eigenvalue weighted by Crippen LogP contribution is 2.33. The van der Waals surface area contributed by atoms with E-state index in [1.165, 1.54) is 0 Å². The van der Waals surface area contributed by atoms with Crippen LogP contribution in [0.2, 0.25) is 0 Å². The van der Waals surface area contributed by atoms with Crippen LogP contribution in [-0.2, 0) is 22.8 Å². The Kier molecular flexibility index (Phi) is 10.1. The number of benzene rings is 2. The Morgan fingerprint density at radius 2 is 1.66 bits per heavy atom. The molecular formula is C27H38F3N3O4S. The van der Waals surface area contributed by atoms with Gasteiger partial charge in [-0.15, -0.1) is 0 Å². The van der Waals surface area contributed by atoms with Gasteiger partial charge in [0.1, 0.15) is 10.6 Å². The van der Waals surface area contributed by atoms with Gasteiger partial charge in [0.2, 0.25) is 0 Å². The van der Waals surface area contributed by atoms with Crippen molar-refractivity contribution >= 4 is 21.8 Å². The van der Waals surface area contributed by atoms with E-state index >= 15 is 0 Å². The molecule has 0 atom stereocenters. The van der Waals surface area contributed by atoms with Crippen LogP contribution in [0.3, 0.4) is 0 Å². The van der Waals surface area contributed by atoms with Crippen molar-refractivity contribution in [2.75, 3.05) is 24.5 Å². The third-order valence-corrected chi connectivity index (χ3v) is 6.78. The summed E-state index contributed by atoms with van der Waals surface area (Å²) in [5.41, 5.74) is -0.504. The van der Waals surface area contributed by atoms with Gasteiger partial charge in [-0.1, -0.05) is 26.0 Å². The average molecular weight is 558 g/mol. The summed E-state index contributed by atoms with van der Waals surface area (Å²) in [6.45, 7) is 15.1. The first-order valence-corrected chi connectivity index (χ1v) is 13.9. The van der Waals surface area contributed by atoms with Crippen molar-refractivity contribution < 1.29 is 30.6 Å². The first-order valence-electron chi connectivity index (χ1n) is 12.5. The average Bonchev–Trinajstić information content (AvgIpc) is 2.79. The lowest BCUT2D eigenvalue weighted by Gasteiger charge is -2.30. The molecule has 0 radical (unpaired) electrons. The van der Waals surface area contributed by atoms with Gasteiger partial charge in [-0.2, -0.15) is 21.6 Å². The van der Waals surface area contributed by atoms with Crippen LogP contribution in [-0.4, -0.2) is 44.5 Å². The number of urea groups is 1. The Balaban J connectivity index is 2.56. The van der Waals surface area contributed by atoms with Crippen LogP contribution in [0.15, 0.2) is 47.4 Å². The highest BCUT2D eigenvalue weighted by atomic mass is 32.2. The summed E-state index contributed by atoms with van der Waals surface area (Å²) in [7, 11) is -4.62. The second-order valence-electron chi connectivity index (χ2n) is 10.5. The standard InChI is InChI=1S/C27H38F3N3O4S/c1-8-32(9-2)22-14-13-20(18-33(17-19(3)4)25(34)31-26(5,6)7)24(16-22)37-38(35,36)23-12-10-11-21(15-23)27(28,29)30/h10-16,19H,8-9,17-18H2,1-7H3,(H,31,34). The van der Waals surface area contributed by atoms with Crippen molar-refractivity contribution in [2.24, 2.45) is 5.92 Å². The van der Waals surface area contributed by atoms with E-state index in [-0.39, 0.29) is 24.2 Å². The molecule has 0 unspecified atom stereocenters. The minimum absolute atomic E-state index is 0.0338. The molecule has 0 saturated heterocycles. The lowest BCUT2D eigenvalue weighted by atomic mass is 10.1. The molecule has 0 fully saturated rings. The van der Waals surface area contributed by atoms with E-state index in [0.29, 0.717) is 37.0 Å². The molecule has 0 aromatic heterocycles. The van der Waals surface area contributed by atoms with Crippen molar-refractivity contribution in [2.45, 2.75) is 71.6 Å². The monoisotopic (exact) mass is 557 g/mol. The van der Waals surface area contributed by atoms with Gasteiger partial charge in [0, 0.05) is 42.5 Å². The summed E-state index contributed by atoms with van der Waals surface area (Å²) in [6, 6.07) is 8.12. The summed E-state index contributed by atoms with van der Waals surface area (Å²) < 4.78 is 71.4. The molecular weight excluding hydrogens is 519 g/mol. The molecule has 0 saturated carbocycles. The zero-order chi connectivity index (χ0) is 28.9. The smallest absolute Gasteiger partial charge is 0.379 e. The SMILES string of the molecule is CCN(CC)c1ccc(CN(CC(C)C)C(=O)NC(C)(C)C)c(OS(=O)(=O)c2cccc(C(F)(F)F)c2)c1. The summed E-state index contributed by atoms with van der Waals surface area (Å²) in [4.78, 5) is 16.0. The molecule has 2 aromatic rings. The van der Waals surface area contributed by atoms with Crippen LogP contribution < -0.4 is 14.4 Å². The molecule has 0 bridgehead atoms. The van der Waals surface area contributed by atoms with Crippen molar-refractivity contribution in [3.63, 3.8) is 0 Å². The number of rotatable bonds is 10. The fourth-order valence-electron chi connectivity index (χ4n) is 3.80. The molecule has 38 heavy (non-hydrogen) atoms. The number of nitrogens with one attached hydrogen (secondary N) is 1. The maximum atomic E-state index is 13.2. The molecule has 2 amide bonds. The number of carbonyl (C=O) groups is 1. The van der Waals surface area contributed by atoms with Gasteiger partial charge in [0.25, 0.3) is 0 Å². The van der Waals surface area contributed by atoms with E-state index in [2.05, 4.69) is 5.32 Å². The van der Waals surface area contributed by atoms with E-state index in [1.54, 1.807) is 23.1 Å². The van der Waals surface area contributed by atoms with Crippen LogP contribution >= 0.6 is 0 Å². The fraction of sp³-hybridized carbons (Fsp3) is 0.519.